The lowest BCUT2D eigenvalue weighted by atomic mass is 10.1. The predicted molar refractivity (Wildman–Crippen MR) is 61.1 cm³/mol. The Kier molecular flexibility index (Phi) is 4.51. The molecule has 0 unspecified atom stereocenters. The van der Waals surface area contributed by atoms with Gasteiger partial charge in [0.1, 0.15) is 0 Å². The van der Waals surface area contributed by atoms with Crippen molar-refractivity contribution in [3.8, 4) is 0 Å². The third-order valence-electron chi connectivity index (χ3n) is 2.12. The summed E-state index contributed by atoms with van der Waals surface area (Å²) in [7, 11) is 1.38. The van der Waals surface area contributed by atoms with Gasteiger partial charge in [0.25, 0.3) is 0 Å². The van der Waals surface area contributed by atoms with Crippen LogP contribution in [0.2, 0.25) is 0 Å². The van der Waals surface area contributed by atoms with Crippen molar-refractivity contribution >= 4 is 17.6 Å². The molecule has 0 saturated heterocycles. The topological polar surface area (TPSA) is 55.4 Å². The molecule has 1 rings (SSSR count). The van der Waals surface area contributed by atoms with Crippen molar-refractivity contribution in [2.45, 2.75) is 19.8 Å². The summed E-state index contributed by atoms with van der Waals surface area (Å²) in [5.74, 6) is -0.312. The Morgan fingerprint density at radius 3 is 2.38 bits per heavy atom. The Morgan fingerprint density at radius 2 is 1.88 bits per heavy atom. The van der Waals surface area contributed by atoms with Gasteiger partial charge in [-0.05, 0) is 24.1 Å². The molecular formula is C12H15NO3. The molecule has 0 aromatic heterocycles. The average molecular weight is 221 g/mol. The zero-order valence-corrected chi connectivity index (χ0v) is 9.45. The number of benzene rings is 1. The van der Waals surface area contributed by atoms with Crippen molar-refractivity contribution in [1.29, 1.82) is 0 Å². The molecule has 0 aliphatic rings. The van der Waals surface area contributed by atoms with Gasteiger partial charge in [-0.2, -0.15) is 0 Å². The molecule has 0 heterocycles. The van der Waals surface area contributed by atoms with E-state index in [1.54, 1.807) is 0 Å². The number of carbonyl (C=O) groups is 2. The van der Waals surface area contributed by atoms with E-state index in [1.165, 1.54) is 14.0 Å². The first-order chi connectivity index (χ1) is 7.61. The minimum atomic E-state index is -0.217. The standard InChI is InChI=1S/C12H15NO3/c1-9(14)13-11-6-3-10(4-7-11)5-8-12(15)16-2/h3-4,6-7H,5,8H2,1-2H3,(H,13,14). The maximum atomic E-state index is 10.9. The fraction of sp³-hybridized carbons (Fsp3) is 0.333. The first-order valence-electron chi connectivity index (χ1n) is 5.05. The van der Waals surface area contributed by atoms with Gasteiger partial charge in [0.15, 0.2) is 0 Å². The molecule has 0 fully saturated rings. The van der Waals surface area contributed by atoms with Crippen molar-refractivity contribution in [2.24, 2.45) is 0 Å². The largest absolute Gasteiger partial charge is 0.469 e. The van der Waals surface area contributed by atoms with Gasteiger partial charge < -0.3 is 10.1 Å². The number of amides is 1. The molecule has 4 nitrogen and oxygen atoms in total. The smallest absolute Gasteiger partial charge is 0.305 e. The highest BCUT2D eigenvalue weighted by Gasteiger charge is 2.01. The number of hydrogen-bond donors (Lipinski definition) is 1. The molecule has 1 amide bonds. The Labute approximate surface area is 94.6 Å². The SMILES string of the molecule is COC(=O)CCc1ccc(NC(C)=O)cc1. The zero-order chi connectivity index (χ0) is 12.0. The monoisotopic (exact) mass is 221 g/mol. The fourth-order valence-electron chi connectivity index (χ4n) is 1.31. The van der Waals surface area contributed by atoms with Gasteiger partial charge in [0.2, 0.25) is 5.91 Å². The third-order valence-corrected chi connectivity index (χ3v) is 2.12. The molecule has 1 N–H and O–H groups in total. The average Bonchev–Trinajstić information content (AvgIpc) is 2.27. The van der Waals surface area contributed by atoms with Gasteiger partial charge in [-0.1, -0.05) is 12.1 Å². The number of methoxy groups -OCH3 is 1. The summed E-state index contributed by atoms with van der Waals surface area (Å²) in [6.07, 6.45) is 1.02. The molecule has 0 aliphatic carbocycles. The number of carbonyl (C=O) groups excluding carboxylic acids is 2. The van der Waals surface area contributed by atoms with Crippen LogP contribution in [-0.2, 0) is 20.7 Å². The normalized spacial score (nSPS) is 9.62. The van der Waals surface area contributed by atoms with Crippen molar-refractivity contribution in [1.82, 2.24) is 0 Å². The van der Waals surface area contributed by atoms with E-state index in [9.17, 15) is 9.59 Å². The van der Waals surface area contributed by atoms with Crippen molar-refractivity contribution in [3.63, 3.8) is 0 Å². The van der Waals surface area contributed by atoms with Crippen LogP contribution < -0.4 is 5.32 Å². The Hall–Kier alpha value is -1.84. The van der Waals surface area contributed by atoms with Crippen LogP contribution in [0.5, 0.6) is 0 Å². The van der Waals surface area contributed by atoms with E-state index < -0.39 is 0 Å². The molecule has 0 atom stereocenters. The minimum Gasteiger partial charge on any atom is -0.469 e. The molecule has 0 spiro atoms. The number of ether oxygens (including phenoxy) is 1. The zero-order valence-electron chi connectivity index (χ0n) is 9.45. The van der Waals surface area contributed by atoms with E-state index in [0.717, 1.165) is 11.3 Å². The molecule has 1 aromatic carbocycles. The lowest BCUT2D eigenvalue weighted by Crippen LogP contribution is -2.05. The minimum absolute atomic E-state index is 0.0951. The van der Waals surface area contributed by atoms with E-state index in [4.69, 9.17) is 0 Å². The second kappa shape index (κ2) is 5.90. The fourth-order valence-corrected chi connectivity index (χ4v) is 1.31. The molecule has 0 bridgehead atoms. The van der Waals surface area contributed by atoms with E-state index in [2.05, 4.69) is 10.1 Å². The Balaban J connectivity index is 2.51. The third kappa shape index (κ3) is 4.13. The van der Waals surface area contributed by atoms with Gasteiger partial charge in [0.05, 0.1) is 7.11 Å². The number of aryl methyl sites for hydroxylation is 1. The molecule has 0 aliphatic heterocycles. The van der Waals surface area contributed by atoms with Crippen LogP contribution >= 0.6 is 0 Å². The quantitative estimate of drug-likeness (QED) is 0.788. The first-order valence-corrected chi connectivity index (χ1v) is 5.05. The second-order valence-corrected chi connectivity index (χ2v) is 3.45. The van der Waals surface area contributed by atoms with E-state index in [0.29, 0.717) is 12.8 Å². The van der Waals surface area contributed by atoms with Gasteiger partial charge in [-0.3, -0.25) is 9.59 Å². The lowest BCUT2D eigenvalue weighted by molar-refractivity contribution is -0.140. The molecule has 0 radical (unpaired) electrons. The number of anilines is 1. The van der Waals surface area contributed by atoms with Crippen molar-refractivity contribution in [2.75, 3.05) is 12.4 Å². The highest BCUT2D eigenvalue weighted by Crippen LogP contribution is 2.11. The van der Waals surface area contributed by atoms with Crippen molar-refractivity contribution < 1.29 is 14.3 Å². The first kappa shape index (κ1) is 12.2. The molecule has 1 aromatic rings. The molecule has 86 valence electrons. The Bertz CT molecular complexity index is 370. The van der Waals surface area contributed by atoms with Crippen LogP contribution in [0, 0.1) is 0 Å². The molecular weight excluding hydrogens is 206 g/mol. The predicted octanol–water partition coefficient (Wildman–Crippen LogP) is 1.75. The van der Waals surface area contributed by atoms with Crippen LogP contribution in [0.4, 0.5) is 5.69 Å². The van der Waals surface area contributed by atoms with E-state index in [1.807, 2.05) is 24.3 Å². The van der Waals surface area contributed by atoms with E-state index >= 15 is 0 Å². The summed E-state index contributed by atoms with van der Waals surface area (Å²) >= 11 is 0. The molecule has 0 saturated carbocycles. The maximum absolute atomic E-state index is 10.9. The molecule has 4 heteroatoms. The van der Waals surface area contributed by atoms with Crippen molar-refractivity contribution in [3.05, 3.63) is 29.8 Å². The highest BCUT2D eigenvalue weighted by molar-refractivity contribution is 5.88. The summed E-state index contributed by atoms with van der Waals surface area (Å²) in [4.78, 5) is 21.7. The van der Waals surface area contributed by atoms with Crippen LogP contribution in [-0.4, -0.2) is 19.0 Å². The van der Waals surface area contributed by atoms with Gasteiger partial charge in [0, 0.05) is 19.0 Å². The van der Waals surface area contributed by atoms with Gasteiger partial charge in [-0.25, -0.2) is 0 Å². The summed E-state index contributed by atoms with van der Waals surface area (Å²) in [5, 5.41) is 2.68. The van der Waals surface area contributed by atoms with Crippen LogP contribution in [0.3, 0.4) is 0 Å². The second-order valence-electron chi connectivity index (χ2n) is 3.45. The lowest BCUT2D eigenvalue weighted by Gasteiger charge is -2.04. The summed E-state index contributed by atoms with van der Waals surface area (Å²) in [6.45, 7) is 1.46. The number of rotatable bonds is 4. The highest BCUT2D eigenvalue weighted by atomic mass is 16.5. The van der Waals surface area contributed by atoms with E-state index in [-0.39, 0.29) is 11.9 Å². The van der Waals surface area contributed by atoms with Crippen LogP contribution in [0.1, 0.15) is 18.9 Å². The summed E-state index contributed by atoms with van der Waals surface area (Å²) in [6, 6.07) is 7.39. The number of esters is 1. The molecule has 16 heavy (non-hydrogen) atoms. The summed E-state index contributed by atoms with van der Waals surface area (Å²) in [5.41, 5.74) is 1.80. The maximum Gasteiger partial charge on any atom is 0.305 e. The number of hydrogen-bond acceptors (Lipinski definition) is 3. The summed E-state index contributed by atoms with van der Waals surface area (Å²) < 4.78 is 4.55. The van der Waals surface area contributed by atoms with Crippen LogP contribution in [0.25, 0.3) is 0 Å². The Morgan fingerprint density at radius 1 is 1.25 bits per heavy atom. The van der Waals surface area contributed by atoms with Crippen LogP contribution in [0.15, 0.2) is 24.3 Å². The number of nitrogens with one attached hydrogen (secondary N) is 1. The van der Waals surface area contributed by atoms with Gasteiger partial charge in [-0.15, -0.1) is 0 Å². The van der Waals surface area contributed by atoms with Gasteiger partial charge >= 0.3 is 5.97 Å².